The largest absolute Gasteiger partial charge is 0.465 e. The molecule has 0 amide bonds. The molecule has 5 nitrogen and oxygen atoms in total. The van der Waals surface area contributed by atoms with Crippen LogP contribution in [0.15, 0.2) is 77.7 Å². The van der Waals surface area contributed by atoms with Crippen LogP contribution in [0.3, 0.4) is 0 Å². The molecule has 0 saturated heterocycles. The minimum Gasteiger partial charge on any atom is -0.465 e. The zero-order valence-corrected chi connectivity index (χ0v) is 20.3. The molecule has 0 spiro atoms. The Labute approximate surface area is 213 Å². The standard InChI is InChI=1S/C27H20ClF4NO4/c1-15(26(36,27(30,31)32)20-10-11-24(34)33-12-4-3-5-23(20)33)18-8-6-16(13-21(18)28)17-7-9-19(22(29)14-17)25(35)37-2/h3-15,36H,1-2H3/t15-,26-/m0/s1. The molecule has 0 unspecified atom stereocenters. The highest BCUT2D eigenvalue weighted by Crippen LogP contribution is 2.50. The number of aromatic nitrogens is 1. The van der Waals surface area contributed by atoms with Crippen LogP contribution in [0.25, 0.3) is 16.6 Å². The fraction of sp³-hybridized carbons (Fsp3) is 0.185. The second-order valence-corrected chi connectivity index (χ2v) is 8.86. The number of methoxy groups -OCH3 is 1. The minimum absolute atomic E-state index is 0.0165. The van der Waals surface area contributed by atoms with Gasteiger partial charge in [0.25, 0.3) is 5.56 Å². The van der Waals surface area contributed by atoms with Crippen LogP contribution < -0.4 is 5.56 Å². The highest BCUT2D eigenvalue weighted by Gasteiger charge is 2.59. The predicted molar refractivity (Wildman–Crippen MR) is 130 cm³/mol. The number of halogens is 5. The molecule has 2 aromatic heterocycles. The number of alkyl halides is 3. The topological polar surface area (TPSA) is 68.0 Å². The Morgan fingerprint density at radius 2 is 1.70 bits per heavy atom. The fourth-order valence-electron chi connectivity index (χ4n) is 4.38. The number of carbonyl (C=O) groups is 1. The van der Waals surface area contributed by atoms with E-state index in [0.29, 0.717) is 11.1 Å². The van der Waals surface area contributed by atoms with E-state index in [0.717, 1.165) is 29.7 Å². The van der Waals surface area contributed by atoms with Crippen LogP contribution in [-0.4, -0.2) is 28.8 Å². The third-order valence-corrected chi connectivity index (χ3v) is 6.74. The Morgan fingerprint density at radius 3 is 2.32 bits per heavy atom. The summed E-state index contributed by atoms with van der Waals surface area (Å²) in [5, 5.41) is 11.2. The molecule has 0 saturated carbocycles. The van der Waals surface area contributed by atoms with Gasteiger partial charge in [-0.25, -0.2) is 9.18 Å². The Bertz CT molecular complexity index is 1570. The van der Waals surface area contributed by atoms with Gasteiger partial charge in [-0.15, -0.1) is 0 Å². The average Bonchev–Trinajstić information content (AvgIpc) is 2.87. The Hall–Kier alpha value is -3.69. The summed E-state index contributed by atoms with van der Waals surface area (Å²) < 4.78 is 63.6. The van der Waals surface area contributed by atoms with E-state index in [1.807, 2.05) is 0 Å². The lowest BCUT2D eigenvalue weighted by molar-refractivity contribution is -0.274. The first-order chi connectivity index (χ1) is 17.4. The molecule has 0 aliphatic carbocycles. The van der Waals surface area contributed by atoms with Crippen LogP contribution in [0.2, 0.25) is 5.02 Å². The van der Waals surface area contributed by atoms with E-state index in [1.165, 1.54) is 61.7 Å². The van der Waals surface area contributed by atoms with Gasteiger partial charge in [0, 0.05) is 28.8 Å². The molecule has 1 N–H and O–H groups in total. The maximum atomic E-state index is 14.5. The van der Waals surface area contributed by atoms with E-state index in [2.05, 4.69) is 4.74 Å². The van der Waals surface area contributed by atoms with E-state index in [1.54, 1.807) is 0 Å². The number of fused-ring (bicyclic) bond motifs is 1. The van der Waals surface area contributed by atoms with Gasteiger partial charge in [0.05, 0.1) is 18.2 Å². The second-order valence-electron chi connectivity index (χ2n) is 8.45. The molecule has 37 heavy (non-hydrogen) atoms. The molecule has 2 heterocycles. The Balaban J connectivity index is 1.81. The van der Waals surface area contributed by atoms with Gasteiger partial charge in [-0.3, -0.25) is 9.20 Å². The second kappa shape index (κ2) is 9.64. The number of carbonyl (C=O) groups excluding carboxylic acids is 1. The van der Waals surface area contributed by atoms with Crippen molar-refractivity contribution in [3.63, 3.8) is 0 Å². The number of aliphatic hydroxyl groups is 1. The van der Waals surface area contributed by atoms with Crippen LogP contribution in [0.1, 0.15) is 34.3 Å². The quantitative estimate of drug-likeness (QED) is 0.249. The number of nitrogens with zero attached hydrogens (tertiary/aromatic N) is 1. The van der Waals surface area contributed by atoms with Gasteiger partial charge in [-0.2, -0.15) is 13.2 Å². The first kappa shape index (κ1) is 26.4. The zero-order valence-electron chi connectivity index (χ0n) is 19.5. The third-order valence-electron chi connectivity index (χ3n) is 6.41. The lowest BCUT2D eigenvalue weighted by Crippen LogP contribution is -2.47. The third kappa shape index (κ3) is 4.49. The summed E-state index contributed by atoms with van der Waals surface area (Å²) in [7, 11) is 1.12. The smallest absolute Gasteiger partial charge is 0.422 e. The summed E-state index contributed by atoms with van der Waals surface area (Å²) in [5.74, 6) is -3.29. The van der Waals surface area contributed by atoms with Crippen molar-refractivity contribution < 1.29 is 32.2 Å². The minimum atomic E-state index is -5.14. The molecule has 4 aromatic rings. The number of hydrogen-bond donors (Lipinski definition) is 1. The average molecular weight is 534 g/mol. The van der Waals surface area contributed by atoms with Crippen LogP contribution in [0.4, 0.5) is 17.6 Å². The summed E-state index contributed by atoms with van der Waals surface area (Å²) in [6, 6.07) is 14.1. The van der Waals surface area contributed by atoms with Crippen molar-refractivity contribution in [1.29, 1.82) is 0 Å². The molecule has 4 rings (SSSR count). The number of esters is 1. The SMILES string of the molecule is COC(=O)c1ccc(-c2ccc([C@H](C)[C@](O)(c3ccc(=O)n4ccccc34)C(F)(F)F)c(Cl)c2)cc1F. The molecular formula is C27H20ClF4NO4. The van der Waals surface area contributed by atoms with Crippen molar-refractivity contribution >= 4 is 23.1 Å². The summed E-state index contributed by atoms with van der Waals surface area (Å²) >= 11 is 6.40. The van der Waals surface area contributed by atoms with Crippen LogP contribution in [-0.2, 0) is 10.3 Å². The number of benzene rings is 2. The van der Waals surface area contributed by atoms with Gasteiger partial charge >= 0.3 is 12.1 Å². The summed E-state index contributed by atoms with van der Waals surface area (Å²) in [6.07, 6.45) is -3.83. The van der Waals surface area contributed by atoms with E-state index in [4.69, 9.17) is 11.6 Å². The van der Waals surface area contributed by atoms with Crippen molar-refractivity contribution in [3.05, 3.63) is 111 Å². The van der Waals surface area contributed by atoms with Crippen molar-refractivity contribution in [2.45, 2.75) is 24.6 Å². The van der Waals surface area contributed by atoms with Crippen molar-refractivity contribution in [2.24, 2.45) is 0 Å². The lowest BCUT2D eigenvalue weighted by atomic mass is 9.77. The van der Waals surface area contributed by atoms with Gasteiger partial charge in [-0.1, -0.05) is 42.8 Å². The molecule has 192 valence electrons. The molecule has 2 aromatic carbocycles. The van der Waals surface area contributed by atoms with Gasteiger partial charge in [-0.05, 0) is 53.1 Å². The highest BCUT2D eigenvalue weighted by atomic mass is 35.5. The number of hydrogen-bond acceptors (Lipinski definition) is 4. The zero-order chi connectivity index (χ0) is 27.1. The van der Waals surface area contributed by atoms with Crippen LogP contribution in [0, 0.1) is 5.82 Å². The van der Waals surface area contributed by atoms with Crippen molar-refractivity contribution in [3.8, 4) is 11.1 Å². The highest BCUT2D eigenvalue weighted by molar-refractivity contribution is 6.31. The normalized spacial score (nSPS) is 14.3. The van der Waals surface area contributed by atoms with Gasteiger partial charge in [0.2, 0.25) is 0 Å². The molecule has 2 atom stereocenters. The van der Waals surface area contributed by atoms with E-state index in [9.17, 15) is 32.3 Å². The summed E-state index contributed by atoms with van der Waals surface area (Å²) in [5.41, 5.74) is -4.15. The first-order valence-electron chi connectivity index (χ1n) is 11.0. The van der Waals surface area contributed by atoms with Gasteiger partial charge < -0.3 is 9.84 Å². The van der Waals surface area contributed by atoms with Gasteiger partial charge in [0.1, 0.15) is 5.82 Å². The maximum absolute atomic E-state index is 14.5. The molecule has 0 bridgehead atoms. The van der Waals surface area contributed by atoms with Crippen molar-refractivity contribution in [2.75, 3.05) is 7.11 Å². The van der Waals surface area contributed by atoms with Gasteiger partial charge in [0.15, 0.2) is 5.60 Å². The Morgan fingerprint density at radius 1 is 1.03 bits per heavy atom. The molecular weight excluding hydrogens is 514 g/mol. The monoisotopic (exact) mass is 533 g/mol. The van der Waals surface area contributed by atoms with E-state index < -0.39 is 40.6 Å². The van der Waals surface area contributed by atoms with Crippen LogP contribution >= 0.6 is 11.6 Å². The maximum Gasteiger partial charge on any atom is 0.422 e. The number of pyridine rings is 2. The fourth-order valence-corrected chi connectivity index (χ4v) is 4.73. The first-order valence-corrected chi connectivity index (χ1v) is 11.4. The van der Waals surface area contributed by atoms with E-state index in [-0.39, 0.29) is 21.7 Å². The molecule has 0 fully saturated rings. The predicted octanol–water partition coefficient (Wildman–Crippen LogP) is 6.10. The Kier molecular flexibility index (Phi) is 6.87. The molecule has 0 aliphatic heterocycles. The lowest BCUT2D eigenvalue weighted by Gasteiger charge is -2.37. The van der Waals surface area contributed by atoms with Crippen molar-refractivity contribution in [1.82, 2.24) is 4.40 Å². The van der Waals surface area contributed by atoms with E-state index >= 15 is 0 Å². The summed E-state index contributed by atoms with van der Waals surface area (Å²) in [4.78, 5) is 23.8. The molecule has 10 heteroatoms. The van der Waals surface area contributed by atoms with Crippen LogP contribution in [0.5, 0.6) is 0 Å². The molecule has 0 aliphatic rings. The number of ether oxygens (including phenoxy) is 1. The molecule has 0 radical (unpaired) electrons. The number of rotatable bonds is 5. The summed E-state index contributed by atoms with van der Waals surface area (Å²) in [6.45, 7) is 1.18.